The first kappa shape index (κ1) is 20.1. The predicted molar refractivity (Wildman–Crippen MR) is 105 cm³/mol. The molecule has 2 amide bonds. The second-order valence-electron chi connectivity index (χ2n) is 6.93. The van der Waals surface area contributed by atoms with Crippen LogP contribution in [0.2, 0.25) is 0 Å². The highest BCUT2D eigenvalue weighted by molar-refractivity contribution is 5.95. The lowest BCUT2D eigenvalue weighted by atomic mass is 10.1. The zero-order chi connectivity index (χ0) is 21.1. The fraction of sp³-hybridized carbons (Fsp3) is 0.316. The Labute approximate surface area is 167 Å². The van der Waals surface area contributed by atoms with Crippen molar-refractivity contribution in [2.45, 2.75) is 25.6 Å². The summed E-state index contributed by atoms with van der Waals surface area (Å²) >= 11 is 0. The van der Waals surface area contributed by atoms with E-state index in [1.165, 1.54) is 16.0 Å². The first-order chi connectivity index (χ1) is 13.7. The number of aromatic nitrogens is 2. The monoisotopic (exact) mass is 398 g/mol. The molecule has 152 valence electrons. The number of carbonyl (C=O) groups excluding carboxylic acids is 2. The number of anilines is 2. The summed E-state index contributed by atoms with van der Waals surface area (Å²) in [5.74, 6) is -1.45. The number of benzene rings is 1. The Morgan fingerprint density at radius 1 is 1.38 bits per heavy atom. The van der Waals surface area contributed by atoms with Crippen molar-refractivity contribution in [2.75, 3.05) is 25.1 Å². The molecule has 0 bridgehead atoms. The first-order valence-corrected chi connectivity index (χ1v) is 8.93. The number of nitrogen functional groups attached to an aromatic ring is 1. The number of nitrogens with two attached hydrogens (primary N) is 1. The van der Waals surface area contributed by atoms with Crippen LogP contribution in [0.25, 0.3) is 0 Å². The molecule has 0 spiro atoms. The Morgan fingerprint density at radius 2 is 2.14 bits per heavy atom. The van der Waals surface area contributed by atoms with Gasteiger partial charge in [0.15, 0.2) is 0 Å². The number of carbonyl (C=O) groups is 3. The zero-order valence-corrected chi connectivity index (χ0v) is 16.1. The van der Waals surface area contributed by atoms with Gasteiger partial charge >= 0.3 is 5.97 Å². The Morgan fingerprint density at radius 3 is 2.83 bits per heavy atom. The topological polar surface area (TPSA) is 142 Å². The molecule has 0 fully saturated rings. The molecule has 1 aromatic carbocycles. The Bertz CT molecular complexity index is 963. The van der Waals surface area contributed by atoms with Crippen LogP contribution in [0.1, 0.15) is 28.0 Å². The highest BCUT2D eigenvalue weighted by Crippen LogP contribution is 2.25. The summed E-state index contributed by atoms with van der Waals surface area (Å²) in [6.45, 7) is 0.532. The van der Waals surface area contributed by atoms with Crippen LogP contribution in [0.3, 0.4) is 0 Å². The Hall–Kier alpha value is -3.69. The number of likely N-dealkylation sites (N-methyl/N-ethyl adjacent to an activating group) is 1. The van der Waals surface area contributed by atoms with Gasteiger partial charge in [-0.15, -0.1) is 0 Å². The van der Waals surface area contributed by atoms with E-state index in [-0.39, 0.29) is 37.3 Å². The molecule has 1 aromatic heterocycles. The Balaban J connectivity index is 1.80. The average Bonchev–Trinajstić information content (AvgIpc) is 2.77. The molecule has 1 unspecified atom stereocenters. The molecular formula is C19H22N6O4. The van der Waals surface area contributed by atoms with Gasteiger partial charge in [-0.25, -0.2) is 9.97 Å². The normalized spacial score (nSPS) is 15.9. The third kappa shape index (κ3) is 4.60. The minimum atomic E-state index is -1.06. The highest BCUT2D eigenvalue weighted by atomic mass is 16.4. The van der Waals surface area contributed by atoms with E-state index in [9.17, 15) is 14.4 Å². The summed E-state index contributed by atoms with van der Waals surface area (Å²) in [6, 6.07) is 5.88. The standard InChI is InChI=1S/C19H22N6O4/c1-24-9-12-7-11(3-4-14(12)23-15(18(24)29)8-16(26)27)17(28)25(2)10-13-5-6-21-19(20)22-13/h3-7,15,23H,8-10H2,1-2H3,(H,26,27)(H2,20,21,22). The van der Waals surface area contributed by atoms with Crippen LogP contribution in [0.5, 0.6) is 0 Å². The van der Waals surface area contributed by atoms with Gasteiger partial charge in [0.2, 0.25) is 11.9 Å². The van der Waals surface area contributed by atoms with Crippen LogP contribution in [-0.2, 0) is 22.7 Å². The zero-order valence-electron chi connectivity index (χ0n) is 16.1. The minimum Gasteiger partial charge on any atom is -0.481 e. The number of carboxylic acid groups (broad SMARTS) is 1. The van der Waals surface area contributed by atoms with Gasteiger partial charge in [-0.3, -0.25) is 14.4 Å². The van der Waals surface area contributed by atoms with Crippen molar-refractivity contribution in [2.24, 2.45) is 0 Å². The summed E-state index contributed by atoms with van der Waals surface area (Å²) in [4.78, 5) is 47.2. The van der Waals surface area contributed by atoms with E-state index < -0.39 is 12.0 Å². The third-order valence-corrected chi connectivity index (χ3v) is 4.62. The van der Waals surface area contributed by atoms with Crippen LogP contribution >= 0.6 is 0 Å². The van der Waals surface area contributed by atoms with Crippen LogP contribution in [0, 0.1) is 0 Å². The van der Waals surface area contributed by atoms with Crippen molar-refractivity contribution < 1.29 is 19.5 Å². The van der Waals surface area contributed by atoms with E-state index >= 15 is 0 Å². The maximum absolute atomic E-state index is 12.8. The van der Waals surface area contributed by atoms with Gasteiger partial charge in [0.1, 0.15) is 6.04 Å². The number of hydrogen-bond donors (Lipinski definition) is 3. The largest absolute Gasteiger partial charge is 0.481 e. The van der Waals surface area contributed by atoms with Crippen LogP contribution in [0.4, 0.5) is 11.6 Å². The molecule has 0 saturated carbocycles. The fourth-order valence-corrected chi connectivity index (χ4v) is 3.20. The molecule has 1 aliphatic rings. The van der Waals surface area contributed by atoms with Crippen molar-refractivity contribution in [1.82, 2.24) is 19.8 Å². The molecule has 29 heavy (non-hydrogen) atoms. The van der Waals surface area contributed by atoms with E-state index in [0.29, 0.717) is 16.9 Å². The number of amides is 2. The highest BCUT2D eigenvalue weighted by Gasteiger charge is 2.29. The maximum Gasteiger partial charge on any atom is 0.305 e. The van der Waals surface area contributed by atoms with Crippen molar-refractivity contribution in [3.63, 3.8) is 0 Å². The second kappa shape index (κ2) is 8.13. The Kier molecular flexibility index (Phi) is 5.62. The fourth-order valence-electron chi connectivity index (χ4n) is 3.20. The van der Waals surface area contributed by atoms with Crippen molar-refractivity contribution in [3.05, 3.63) is 47.3 Å². The molecule has 1 aliphatic heterocycles. The number of aliphatic carboxylic acids is 1. The maximum atomic E-state index is 12.8. The van der Waals surface area contributed by atoms with Crippen LogP contribution < -0.4 is 11.1 Å². The summed E-state index contributed by atoms with van der Waals surface area (Å²) in [5.41, 5.74) is 8.02. The van der Waals surface area contributed by atoms with Crippen molar-refractivity contribution in [3.8, 4) is 0 Å². The minimum absolute atomic E-state index is 0.142. The quantitative estimate of drug-likeness (QED) is 0.663. The van der Waals surface area contributed by atoms with Gasteiger partial charge in [0, 0.05) is 38.1 Å². The second-order valence-corrected chi connectivity index (χ2v) is 6.93. The van der Waals surface area contributed by atoms with Crippen LogP contribution in [-0.4, -0.2) is 62.8 Å². The molecular weight excluding hydrogens is 376 g/mol. The van der Waals surface area contributed by atoms with E-state index in [1.807, 2.05) is 0 Å². The lowest BCUT2D eigenvalue weighted by Gasteiger charge is -2.19. The number of hydrogen-bond acceptors (Lipinski definition) is 7. The lowest BCUT2D eigenvalue weighted by molar-refractivity contribution is -0.141. The predicted octanol–water partition coefficient (Wildman–Crippen LogP) is 0.558. The molecule has 0 radical (unpaired) electrons. The number of carboxylic acids is 1. The number of fused-ring (bicyclic) bond motifs is 1. The van der Waals surface area contributed by atoms with E-state index in [4.69, 9.17) is 10.8 Å². The summed E-state index contributed by atoms with van der Waals surface area (Å²) in [5, 5.41) is 12.0. The molecule has 1 atom stereocenters. The number of rotatable bonds is 5. The van der Waals surface area contributed by atoms with Gasteiger partial charge in [-0.2, -0.15) is 0 Å². The lowest BCUT2D eigenvalue weighted by Crippen LogP contribution is -2.39. The van der Waals surface area contributed by atoms with Crippen molar-refractivity contribution >= 4 is 29.4 Å². The first-order valence-electron chi connectivity index (χ1n) is 8.93. The van der Waals surface area contributed by atoms with E-state index in [1.54, 1.807) is 38.4 Å². The third-order valence-electron chi connectivity index (χ3n) is 4.62. The SMILES string of the molecule is CN(Cc1ccnc(N)n1)C(=O)c1ccc2c(c1)CN(C)C(=O)C(CC(=O)O)N2. The molecule has 2 heterocycles. The molecule has 4 N–H and O–H groups in total. The van der Waals surface area contributed by atoms with E-state index in [0.717, 1.165) is 5.56 Å². The van der Waals surface area contributed by atoms with E-state index in [2.05, 4.69) is 15.3 Å². The van der Waals surface area contributed by atoms with Gasteiger partial charge < -0.3 is 26.0 Å². The summed E-state index contributed by atoms with van der Waals surface area (Å²) in [7, 11) is 3.26. The molecule has 10 heteroatoms. The van der Waals surface area contributed by atoms with Gasteiger partial charge in [0.25, 0.3) is 5.91 Å². The molecule has 0 saturated heterocycles. The molecule has 3 rings (SSSR count). The van der Waals surface area contributed by atoms with Crippen molar-refractivity contribution in [1.29, 1.82) is 0 Å². The average molecular weight is 398 g/mol. The number of nitrogens with zero attached hydrogens (tertiary/aromatic N) is 4. The van der Waals surface area contributed by atoms with Crippen LogP contribution in [0.15, 0.2) is 30.5 Å². The van der Waals surface area contributed by atoms with Gasteiger partial charge in [0.05, 0.1) is 18.7 Å². The van der Waals surface area contributed by atoms with Gasteiger partial charge in [-0.05, 0) is 29.8 Å². The molecule has 10 nitrogen and oxygen atoms in total. The smallest absolute Gasteiger partial charge is 0.305 e. The van der Waals surface area contributed by atoms with Gasteiger partial charge in [-0.1, -0.05) is 0 Å². The summed E-state index contributed by atoms with van der Waals surface area (Å²) in [6.07, 6.45) is 1.21. The summed E-state index contributed by atoms with van der Waals surface area (Å²) < 4.78 is 0. The molecule has 2 aromatic rings. The molecule has 0 aliphatic carbocycles. The number of nitrogens with one attached hydrogen (secondary N) is 1.